The molecule has 0 heterocycles. The number of carbonyl (C=O) groups is 1. The van der Waals surface area contributed by atoms with Gasteiger partial charge in [0.2, 0.25) is 0 Å². The molecule has 154 valence electrons. The van der Waals surface area contributed by atoms with E-state index in [1.54, 1.807) is 6.92 Å². The molecule has 3 nitrogen and oxygen atoms in total. The summed E-state index contributed by atoms with van der Waals surface area (Å²) in [7, 11) is 0. The third-order valence-electron chi connectivity index (χ3n) is 5.43. The van der Waals surface area contributed by atoms with Gasteiger partial charge in [0.1, 0.15) is 11.5 Å². The highest BCUT2D eigenvalue weighted by Gasteiger charge is 2.11. The first-order chi connectivity index (χ1) is 13.1. The molecular weight excluding hydrogens is 336 g/mol. The molecule has 0 aromatic heterocycles. The number of hydrogen-bond donors (Lipinski definition) is 2. The minimum Gasteiger partial charge on any atom is -0.508 e. The van der Waals surface area contributed by atoms with Crippen LogP contribution in [0.5, 0.6) is 11.5 Å². The molecule has 0 aliphatic heterocycles. The van der Waals surface area contributed by atoms with Crippen molar-refractivity contribution < 1.29 is 15.0 Å². The summed E-state index contributed by atoms with van der Waals surface area (Å²) in [6, 6.07) is 2.92. The number of rotatable bonds is 16. The predicted octanol–water partition coefficient (Wildman–Crippen LogP) is 7.46. The molecule has 0 bridgehead atoms. The molecule has 0 saturated heterocycles. The SMILES string of the molecule is CCCCCCCCCCCCCCCCC(=O)c1cc(O)c(C)c(O)c1. The lowest BCUT2D eigenvalue weighted by Crippen LogP contribution is -1.99. The maximum absolute atomic E-state index is 12.2. The molecule has 0 atom stereocenters. The van der Waals surface area contributed by atoms with E-state index in [0.29, 0.717) is 17.5 Å². The van der Waals surface area contributed by atoms with Crippen molar-refractivity contribution in [1.29, 1.82) is 0 Å². The third kappa shape index (κ3) is 10.4. The average molecular weight is 377 g/mol. The predicted molar refractivity (Wildman–Crippen MR) is 114 cm³/mol. The van der Waals surface area contributed by atoms with E-state index in [4.69, 9.17) is 0 Å². The summed E-state index contributed by atoms with van der Waals surface area (Å²) in [5, 5.41) is 19.4. The summed E-state index contributed by atoms with van der Waals surface area (Å²) in [6.07, 6.45) is 18.6. The Hall–Kier alpha value is -1.51. The Morgan fingerprint density at radius 3 is 1.48 bits per heavy atom. The van der Waals surface area contributed by atoms with Crippen molar-refractivity contribution in [2.75, 3.05) is 0 Å². The molecule has 1 aromatic rings. The largest absolute Gasteiger partial charge is 0.508 e. The fraction of sp³-hybridized carbons (Fsp3) is 0.708. The normalized spacial score (nSPS) is 11.0. The first-order valence-electron chi connectivity index (χ1n) is 11.1. The van der Waals surface area contributed by atoms with E-state index in [2.05, 4.69) is 6.92 Å². The molecule has 0 saturated carbocycles. The number of benzene rings is 1. The number of unbranched alkanes of at least 4 members (excludes halogenated alkanes) is 13. The smallest absolute Gasteiger partial charge is 0.163 e. The van der Waals surface area contributed by atoms with Crippen LogP contribution in [0.4, 0.5) is 0 Å². The third-order valence-corrected chi connectivity index (χ3v) is 5.43. The van der Waals surface area contributed by atoms with Crippen LogP contribution < -0.4 is 0 Å². The van der Waals surface area contributed by atoms with E-state index < -0.39 is 0 Å². The fourth-order valence-corrected chi connectivity index (χ4v) is 3.47. The zero-order chi connectivity index (χ0) is 19.9. The van der Waals surface area contributed by atoms with E-state index >= 15 is 0 Å². The monoisotopic (exact) mass is 376 g/mol. The average Bonchev–Trinajstić information content (AvgIpc) is 2.65. The minimum atomic E-state index is -0.0145. The number of Topliss-reactive ketones (excluding diaryl/α,β-unsaturated/α-hetero) is 1. The van der Waals surface area contributed by atoms with Gasteiger partial charge in [-0.2, -0.15) is 0 Å². The summed E-state index contributed by atoms with van der Waals surface area (Å²) < 4.78 is 0. The Bertz CT molecular complexity index is 513. The van der Waals surface area contributed by atoms with Crippen LogP contribution in [0.25, 0.3) is 0 Å². The molecule has 0 unspecified atom stereocenters. The van der Waals surface area contributed by atoms with Crippen LogP contribution in [0.15, 0.2) is 12.1 Å². The second kappa shape index (κ2) is 14.5. The molecule has 0 aliphatic carbocycles. The van der Waals surface area contributed by atoms with Crippen molar-refractivity contribution in [3.63, 3.8) is 0 Å². The van der Waals surface area contributed by atoms with Gasteiger partial charge in [-0.05, 0) is 25.5 Å². The van der Waals surface area contributed by atoms with E-state index in [1.165, 1.54) is 89.2 Å². The maximum atomic E-state index is 12.2. The van der Waals surface area contributed by atoms with Gasteiger partial charge in [-0.25, -0.2) is 0 Å². The summed E-state index contributed by atoms with van der Waals surface area (Å²) >= 11 is 0. The van der Waals surface area contributed by atoms with Crippen molar-refractivity contribution >= 4 is 5.78 Å². The van der Waals surface area contributed by atoms with Gasteiger partial charge in [-0.15, -0.1) is 0 Å². The van der Waals surface area contributed by atoms with Crippen molar-refractivity contribution in [3.05, 3.63) is 23.3 Å². The first kappa shape index (κ1) is 23.5. The Balaban J connectivity index is 1.96. The van der Waals surface area contributed by atoms with Crippen molar-refractivity contribution in [1.82, 2.24) is 0 Å². The highest BCUT2D eigenvalue weighted by atomic mass is 16.3. The second-order valence-electron chi connectivity index (χ2n) is 7.91. The molecule has 0 spiro atoms. The van der Waals surface area contributed by atoms with E-state index in [-0.39, 0.29) is 17.3 Å². The van der Waals surface area contributed by atoms with Gasteiger partial charge in [0.25, 0.3) is 0 Å². The molecule has 1 rings (SSSR count). The van der Waals surface area contributed by atoms with Gasteiger partial charge in [0.05, 0.1) is 0 Å². The summed E-state index contributed by atoms with van der Waals surface area (Å²) in [4.78, 5) is 12.2. The molecule has 2 N–H and O–H groups in total. The number of phenols is 2. The Labute approximate surface area is 166 Å². The zero-order valence-corrected chi connectivity index (χ0v) is 17.6. The van der Waals surface area contributed by atoms with Gasteiger partial charge >= 0.3 is 0 Å². The Kier molecular flexibility index (Phi) is 12.7. The van der Waals surface area contributed by atoms with E-state index in [9.17, 15) is 15.0 Å². The highest BCUT2D eigenvalue weighted by Crippen LogP contribution is 2.28. The number of carbonyl (C=O) groups excluding carboxylic acids is 1. The molecule has 1 aromatic carbocycles. The van der Waals surface area contributed by atoms with Crippen LogP contribution in [0, 0.1) is 6.92 Å². The Morgan fingerprint density at radius 2 is 1.07 bits per heavy atom. The standard InChI is InChI=1S/C24H40O3/c1-3-4-5-6-7-8-9-10-11-12-13-14-15-16-17-22(25)21-18-23(26)20(2)24(27)19-21/h18-19,26-27H,3-17H2,1-2H3. The summed E-state index contributed by atoms with van der Waals surface area (Å²) in [5.74, 6) is -0.0295. The quantitative estimate of drug-likeness (QED) is 0.232. The second-order valence-corrected chi connectivity index (χ2v) is 7.91. The minimum absolute atomic E-state index is 0.000429. The molecule has 0 aliphatic rings. The van der Waals surface area contributed by atoms with Gasteiger partial charge in [-0.3, -0.25) is 4.79 Å². The van der Waals surface area contributed by atoms with Crippen LogP contribution in [-0.2, 0) is 0 Å². The van der Waals surface area contributed by atoms with Crippen LogP contribution in [0.1, 0.15) is 119 Å². The van der Waals surface area contributed by atoms with Crippen molar-refractivity contribution in [3.8, 4) is 11.5 Å². The molecule has 27 heavy (non-hydrogen) atoms. The van der Waals surface area contributed by atoms with Gasteiger partial charge in [-0.1, -0.05) is 90.4 Å². The number of aromatic hydroxyl groups is 2. The van der Waals surface area contributed by atoms with Gasteiger partial charge < -0.3 is 10.2 Å². The number of phenolic OH excluding ortho intramolecular Hbond substituents is 2. The zero-order valence-electron chi connectivity index (χ0n) is 17.6. The molecule has 3 heteroatoms. The molecule has 0 radical (unpaired) electrons. The van der Waals surface area contributed by atoms with E-state index in [1.807, 2.05) is 0 Å². The Morgan fingerprint density at radius 1 is 0.704 bits per heavy atom. The van der Waals surface area contributed by atoms with Gasteiger partial charge in [0.15, 0.2) is 5.78 Å². The molecule has 0 fully saturated rings. The number of ketones is 1. The van der Waals surface area contributed by atoms with Crippen LogP contribution >= 0.6 is 0 Å². The fourth-order valence-electron chi connectivity index (χ4n) is 3.47. The van der Waals surface area contributed by atoms with Gasteiger partial charge in [0, 0.05) is 17.5 Å². The van der Waals surface area contributed by atoms with Crippen molar-refractivity contribution in [2.45, 2.75) is 110 Å². The molecular formula is C24H40O3. The topological polar surface area (TPSA) is 57.5 Å². The summed E-state index contributed by atoms with van der Waals surface area (Å²) in [5.41, 5.74) is 0.827. The van der Waals surface area contributed by atoms with Crippen LogP contribution in [0.3, 0.4) is 0 Å². The van der Waals surface area contributed by atoms with E-state index in [0.717, 1.165) is 12.8 Å². The maximum Gasteiger partial charge on any atom is 0.163 e. The van der Waals surface area contributed by atoms with Crippen LogP contribution in [0.2, 0.25) is 0 Å². The number of hydrogen-bond acceptors (Lipinski definition) is 3. The lowest BCUT2D eigenvalue weighted by Gasteiger charge is -2.06. The van der Waals surface area contributed by atoms with Crippen LogP contribution in [-0.4, -0.2) is 16.0 Å². The lowest BCUT2D eigenvalue weighted by molar-refractivity contribution is 0.0978. The first-order valence-corrected chi connectivity index (χ1v) is 11.1. The van der Waals surface area contributed by atoms with Crippen molar-refractivity contribution in [2.24, 2.45) is 0 Å². The highest BCUT2D eigenvalue weighted by molar-refractivity contribution is 5.97. The summed E-state index contributed by atoms with van der Waals surface area (Å²) in [6.45, 7) is 3.89. The molecule has 0 amide bonds. The lowest BCUT2D eigenvalue weighted by atomic mass is 10.0.